The molecule has 2 heterocycles. The smallest absolute Gasteiger partial charge is 0.306 e. The summed E-state index contributed by atoms with van der Waals surface area (Å²) in [5.41, 5.74) is 2.47. The van der Waals surface area contributed by atoms with Gasteiger partial charge in [0.2, 0.25) is 0 Å². The van der Waals surface area contributed by atoms with Crippen molar-refractivity contribution in [3.8, 4) is 23.0 Å². The maximum Gasteiger partial charge on any atom is 0.306 e. The van der Waals surface area contributed by atoms with Gasteiger partial charge < -0.3 is 29.4 Å². The lowest BCUT2D eigenvalue weighted by Crippen LogP contribution is -2.30. The van der Waals surface area contributed by atoms with Crippen LogP contribution in [0.4, 0.5) is 0 Å². The molecule has 8 heteroatoms. The van der Waals surface area contributed by atoms with Gasteiger partial charge in [0, 0.05) is 23.7 Å². The first kappa shape index (κ1) is 23.9. The molecular formula is C27H27NO7. The first-order valence-corrected chi connectivity index (χ1v) is 11.2. The number of aryl methyl sites for hydroxylation is 2. The van der Waals surface area contributed by atoms with Gasteiger partial charge in [-0.1, -0.05) is 24.3 Å². The highest BCUT2D eigenvalue weighted by molar-refractivity contribution is 5.73. The number of carbonyl (C=O) groups is 1. The van der Waals surface area contributed by atoms with Crippen molar-refractivity contribution in [3.63, 3.8) is 0 Å². The lowest BCUT2D eigenvalue weighted by Gasteiger charge is -2.26. The van der Waals surface area contributed by atoms with E-state index in [1.165, 1.54) is 29.9 Å². The molecule has 8 nitrogen and oxygen atoms in total. The van der Waals surface area contributed by atoms with E-state index in [2.05, 4.69) is 0 Å². The molecular weight excluding hydrogens is 450 g/mol. The van der Waals surface area contributed by atoms with E-state index in [-0.39, 0.29) is 42.4 Å². The van der Waals surface area contributed by atoms with Gasteiger partial charge in [-0.05, 0) is 54.8 Å². The van der Waals surface area contributed by atoms with Gasteiger partial charge in [-0.2, -0.15) is 0 Å². The summed E-state index contributed by atoms with van der Waals surface area (Å²) >= 11 is 0. The Hall–Kier alpha value is -4.20. The average molecular weight is 478 g/mol. The molecule has 1 aromatic heterocycles. The second kappa shape index (κ2) is 9.97. The van der Waals surface area contributed by atoms with Crippen LogP contribution in [0.3, 0.4) is 0 Å². The summed E-state index contributed by atoms with van der Waals surface area (Å²) in [6, 6.07) is 13.5. The molecule has 1 aliphatic heterocycles. The Morgan fingerprint density at radius 3 is 2.60 bits per heavy atom. The number of aromatic hydroxyl groups is 3. The number of hydrogen-bond donors (Lipinski definition) is 3. The minimum absolute atomic E-state index is 0.101. The molecule has 35 heavy (non-hydrogen) atoms. The molecule has 0 spiro atoms. The fraction of sp³-hybridized carbons (Fsp3) is 0.259. The summed E-state index contributed by atoms with van der Waals surface area (Å²) in [6.45, 7) is 2.15. The highest BCUT2D eigenvalue weighted by Gasteiger charge is 2.30. The van der Waals surface area contributed by atoms with Crippen LogP contribution in [0.5, 0.6) is 23.0 Å². The Balaban J connectivity index is 1.74. The number of phenolic OH excluding ortho intramolecular Hbond substituents is 2. The number of aromatic nitrogens is 1. The van der Waals surface area contributed by atoms with Crippen molar-refractivity contribution in [2.45, 2.75) is 32.2 Å². The largest absolute Gasteiger partial charge is 0.507 e. The van der Waals surface area contributed by atoms with Gasteiger partial charge in [0.1, 0.15) is 18.1 Å². The van der Waals surface area contributed by atoms with Crippen LogP contribution in [0, 0.1) is 6.92 Å². The predicted molar refractivity (Wildman–Crippen MR) is 130 cm³/mol. The minimum Gasteiger partial charge on any atom is -0.507 e. The Labute approximate surface area is 202 Å². The normalized spacial score (nSPS) is 13.4. The number of benzene rings is 2. The quantitative estimate of drug-likeness (QED) is 0.351. The topological polar surface area (TPSA) is 118 Å². The van der Waals surface area contributed by atoms with Gasteiger partial charge in [-0.3, -0.25) is 9.59 Å². The molecule has 1 aliphatic rings. The third-order valence-corrected chi connectivity index (χ3v) is 6.24. The standard InChI is InChI=1S/C27H27NO7/c1-16-11-23(31)26(27(33)28(16)10-9-17-7-8-21(29)22(30)12-17)20(14-25(32)34-2)19-13-18-5-3-4-6-24(18)35-15-19/h3-8,11-13,20,29-31H,9-10,14-15H2,1-2H3/t20-/m0/s1. The van der Waals surface area contributed by atoms with Crippen molar-refractivity contribution >= 4 is 12.0 Å². The number of ether oxygens (including phenoxy) is 2. The molecule has 0 saturated heterocycles. The Morgan fingerprint density at radius 2 is 1.86 bits per heavy atom. The van der Waals surface area contributed by atoms with E-state index in [9.17, 15) is 24.9 Å². The van der Waals surface area contributed by atoms with Crippen molar-refractivity contribution in [2.24, 2.45) is 0 Å². The zero-order chi connectivity index (χ0) is 25.1. The summed E-state index contributed by atoms with van der Waals surface area (Å²) in [5.74, 6) is -1.20. The zero-order valence-corrected chi connectivity index (χ0v) is 19.5. The van der Waals surface area contributed by atoms with Gasteiger partial charge in [-0.15, -0.1) is 0 Å². The van der Waals surface area contributed by atoms with E-state index in [1.54, 1.807) is 13.0 Å². The number of nitrogens with zero attached hydrogens (tertiary/aromatic N) is 1. The van der Waals surface area contributed by atoms with Crippen LogP contribution >= 0.6 is 0 Å². The second-order valence-corrected chi connectivity index (χ2v) is 8.49. The van der Waals surface area contributed by atoms with E-state index in [0.29, 0.717) is 23.4 Å². The lowest BCUT2D eigenvalue weighted by molar-refractivity contribution is -0.140. The van der Waals surface area contributed by atoms with Crippen LogP contribution in [0.2, 0.25) is 0 Å². The third-order valence-electron chi connectivity index (χ3n) is 6.24. The lowest BCUT2D eigenvalue weighted by atomic mass is 9.86. The van der Waals surface area contributed by atoms with Gasteiger partial charge in [0.05, 0.1) is 19.1 Å². The number of hydrogen-bond acceptors (Lipinski definition) is 7. The van der Waals surface area contributed by atoms with Crippen LogP contribution in [-0.4, -0.2) is 39.6 Å². The molecule has 0 aliphatic carbocycles. The van der Waals surface area contributed by atoms with Crippen molar-refractivity contribution in [3.05, 3.63) is 86.8 Å². The van der Waals surface area contributed by atoms with Gasteiger partial charge in [-0.25, -0.2) is 0 Å². The number of para-hydroxylation sites is 1. The Morgan fingerprint density at radius 1 is 1.09 bits per heavy atom. The first-order chi connectivity index (χ1) is 16.8. The summed E-state index contributed by atoms with van der Waals surface area (Å²) in [5, 5.41) is 30.1. The molecule has 182 valence electrons. The molecule has 3 N–H and O–H groups in total. The molecule has 4 rings (SSSR count). The fourth-order valence-corrected chi connectivity index (χ4v) is 4.34. The number of carbonyl (C=O) groups excluding carboxylic acids is 1. The maximum absolute atomic E-state index is 13.6. The molecule has 0 bridgehead atoms. The fourth-order valence-electron chi connectivity index (χ4n) is 4.34. The molecule has 0 radical (unpaired) electrons. The van der Waals surface area contributed by atoms with Crippen molar-refractivity contribution < 1.29 is 29.6 Å². The summed E-state index contributed by atoms with van der Waals surface area (Å²) in [7, 11) is 1.28. The van der Waals surface area contributed by atoms with E-state index < -0.39 is 17.4 Å². The van der Waals surface area contributed by atoms with E-state index >= 15 is 0 Å². The SMILES string of the molecule is COC(=O)C[C@@H](C1=Cc2ccccc2OC1)c1c(O)cc(C)n(CCc2ccc(O)c(O)c2)c1=O. The van der Waals surface area contributed by atoms with Crippen molar-refractivity contribution in [2.75, 3.05) is 13.7 Å². The number of phenols is 2. The Bertz CT molecular complexity index is 1360. The summed E-state index contributed by atoms with van der Waals surface area (Å²) in [4.78, 5) is 25.9. The highest BCUT2D eigenvalue weighted by Crippen LogP contribution is 2.37. The van der Waals surface area contributed by atoms with Crippen LogP contribution in [-0.2, 0) is 22.5 Å². The number of fused-ring (bicyclic) bond motifs is 1. The first-order valence-electron chi connectivity index (χ1n) is 11.2. The third kappa shape index (κ3) is 5.01. The van der Waals surface area contributed by atoms with E-state index in [1.807, 2.05) is 30.3 Å². The van der Waals surface area contributed by atoms with Gasteiger partial charge in [0.15, 0.2) is 11.5 Å². The minimum atomic E-state index is -0.743. The molecule has 0 unspecified atom stereocenters. The van der Waals surface area contributed by atoms with Crippen LogP contribution < -0.4 is 10.3 Å². The van der Waals surface area contributed by atoms with E-state index in [0.717, 1.165) is 11.1 Å². The van der Waals surface area contributed by atoms with Crippen LogP contribution in [0.25, 0.3) is 6.08 Å². The Kier molecular flexibility index (Phi) is 6.82. The number of esters is 1. The average Bonchev–Trinajstić information content (AvgIpc) is 2.84. The molecule has 0 fully saturated rings. The molecule has 0 saturated carbocycles. The number of methoxy groups -OCH3 is 1. The highest BCUT2D eigenvalue weighted by atomic mass is 16.5. The van der Waals surface area contributed by atoms with Crippen molar-refractivity contribution in [1.82, 2.24) is 4.57 Å². The van der Waals surface area contributed by atoms with E-state index in [4.69, 9.17) is 9.47 Å². The van der Waals surface area contributed by atoms with Crippen molar-refractivity contribution in [1.29, 1.82) is 0 Å². The van der Waals surface area contributed by atoms with Crippen LogP contribution in [0.15, 0.2) is 58.9 Å². The molecule has 0 amide bonds. The monoisotopic (exact) mass is 477 g/mol. The van der Waals surface area contributed by atoms with Gasteiger partial charge in [0.25, 0.3) is 5.56 Å². The zero-order valence-electron chi connectivity index (χ0n) is 19.5. The summed E-state index contributed by atoms with van der Waals surface area (Å²) < 4.78 is 12.3. The molecule has 2 aromatic carbocycles. The van der Waals surface area contributed by atoms with Gasteiger partial charge >= 0.3 is 5.97 Å². The number of rotatable bonds is 7. The predicted octanol–water partition coefficient (Wildman–Crippen LogP) is 3.64. The molecule has 3 aromatic rings. The number of pyridine rings is 1. The maximum atomic E-state index is 13.6. The summed E-state index contributed by atoms with van der Waals surface area (Å²) in [6.07, 6.45) is 2.15. The molecule has 1 atom stereocenters. The second-order valence-electron chi connectivity index (χ2n) is 8.49. The van der Waals surface area contributed by atoms with Crippen LogP contribution in [0.1, 0.15) is 34.7 Å².